The minimum Gasteiger partial charge on any atom is -0.587 e. The molecule has 0 saturated carbocycles. The number of imide groups is 5. The molecule has 0 fully saturated rings. The van der Waals surface area contributed by atoms with Crippen molar-refractivity contribution in [2.24, 2.45) is 5.73 Å². The first-order valence-corrected chi connectivity index (χ1v) is 29.9. The van der Waals surface area contributed by atoms with Crippen molar-refractivity contribution in [1.29, 1.82) is 0 Å². The molecule has 5 aromatic carbocycles. The topological polar surface area (TPSA) is 356 Å². The third-order valence-corrected chi connectivity index (χ3v) is 15.9. The van der Waals surface area contributed by atoms with E-state index < -0.39 is 11.8 Å². The molecule has 10 amide bonds. The summed E-state index contributed by atoms with van der Waals surface area (Å²) in [7, 11) is 0. The Morgan fingerprint density at radius 1 is 0.489 bits per heavy atom. The number of thiazole rings is 2. The summed E-state index contributed by atoms with van der Waals surface area (Å²) in [6.07, 6.45) is 8.86. The molecule has 0 radical (unpaired) electrons. The number of benzene rings is 5. The van der Waals surface area contributed by atoms with Crippen molar-refractivity contribution in [1.82, 2.24) is 29.6 Å². The molecule has 0 bridgehead atoms. The number of rotatable bonds is 17. The van der Waals surface area contributed by atoms with Gasteiger partial charge in [-0.3, -0.25) is 58.0 Å². The van der Waals surface area contributed by atoms with Gasteiger partial charge in [0, 0.05) is 74.2 Å². The van der Waals surface area contributed by atoms with Gasteiger partial charge in [0.05, 0.1) is 72.4 Å². The summed E-state index contributed by atoms with van der Waals surface area (Å²) in [5.41, 5.74) is 20.8. The smallest absolute Gasteiger partial charge is 0.587 e. The van der Waals surface area contributed by atoms with E-state index in [9.17, 15) is 57.5 Å². The minimum atomic E-state index is -0.425. The number of nitrogens with two attached hydrogens (primary N) is 3. The van der Waals surface area contributed by atoms with Crippen LogP contribution in [0, 0.1) is 0 Å². The van der Waals surface area contributed by atoms with E-state index in [-0.39, 0.29) is 168 Å². The predicted molar refractivity (Wildman–Crippen MR) is 361 cm³/mol. The number of fused-ring (bicyclic) bond motifs is 5. The fraction of sp³-hybridized carbons (Fsp3) is 0.226. The van der Waals surface area contributed by atoms with E-state index in [2.05, 4.69) is 31.2 Å². The molecule has 5 aliphatic rings. The third-order valence-electron chi connectivity index (χ3n) is 13.5. The van der Waals surface area contributed by atoms with Crippen LogP contribution in [-0.2, 0) is 22.4 Å². The van der Waals surface area contributed by atoms with Crippen molar-refractivity contribution in [2.45, 2.75) is 49.8 Å². The Morgan fingerprint density at radius 2 is 0.848 bits per heavy atom. The van der Waals surface area contributed by atoms with Crippen LogP contribution in [0.3, 0.4) is 0 Å². The van der Waals surface area contributed by atoms with E-state index in [1.54, 1.807) is 134 Å². The number of aliphatic hydroxyl groups is 1. The number of anilines is 2. The van der Waals surface area contributed by atoms with Gasteiger partial charge in [-0.05, 0) is 80.8 Å². The Hall–Kier alpha value is -6.52. The third kappa shape index (κ3) is 20.2. The Balaban J connectivity index is 0.000000289. The van der Waals surface area contributed by atoms with Gasteiger partial charge >= 0.3 is 51.4 Å². The zero-order chi connectivity index (χ0) is 63.4. The first-order chi connectivity index (χ1) is 42.4. The van der Waals surface area contributed by atoms with Crippen molar-refractivity contribution in [2.75, 3.05) is 50.8 Å². The largest absolute Gasteiger partial charge is 1.00 e. The number of nitrogens with zero attached hydrogens (tertiary/aromatic N) is 7. The van der Waals surface area contributed by atoms with Crippen LogP contribution in [0.2, 0.25) is 0 Å². The molecule has 5 aliphatic heterocycles. The van der Waals surface area contributed by atoms with Crippen molar-refractivity contribution in [3.05, 3.63) is 205 Å². The molecule has 92 heavy (non-hydrogen) atoms. The van der Waals surface area contributed by atoms with E-state index >= 15 is 0 Å². The van der Waals surface area contributed by atoms with Crippen molar-refractivity contribution in [3.63, 3.8) is 0 Å². The number of aldehydes is 2. The summed E-state index contributed by atoms with van der Waals surface area (Å²) in [5.74, 6) is -2.82. The van der Waals surface area contributed by atoms with E-state index in [1.165, 1.54) is 42.3 Å². The number of aromatic nitrogens is 2. The second-order valence-corrected chi connectivity index (χ2v) is 22.8. The zero-order valence-electron chi connectivity index (χ0n) is 49.3. The van der Waals surface area contributed by atoms with Gasteiger partial charge in [-0.2, -0.15) is 0 Å². The van der Waals surface area contributed by atoms with Crippen molar-refractivity contribution >= 4 is 171 Å². The maximum absolute atomic E-state index is 12.1. The van der Waals surface area contributed by atoms with Gasteiger partial charge in [0.25, 0.3) is 47.3 Å². The SMILES string of the molecule is Br.Br.Br.NCCc1ncc(N)s1.Nc1ncc(CCN2C(=O)c3ccccc3C2=O)s1.O=C1[N-]C(=O)c2ccccc21.O=C1c2ccccc2C(=O)N1CCCCO.O=CC(Br)CCN1C(=O)c2ccccc2C1=O.O=CCCCN1C(=O)c2ccccc2C1=O.[K+]. The van der Waals surface area contributed by atoms with E-state index in [0.29, 0.717) is 125 Å². The Bertz CT molecular complexity index is 3650. The molecule has 12 rings (SSSR count). The average molecular weight is 1580 g/mol. The first kappa shape index (κ1) is 79.7. The number of hydrogen-bond donors (Lipinski definition) is 4. The van der Waals surface area contributed by atoms with Crippen LogP contribution in [0.5, 0.6) is 0 Å². The predicted octanol–water partition coefficient (Wildman–Crippen LogP) is 5.83. The quantitative estimate of drug-likeness (QED) is 0.0274. The van der Waals surface area contributed by atoms with Crippen LogP contribution >= 0.6 is 89.5 Å². The summed E-state index contributed by atoms with van der Waals surface area (Å²) in [4.78, 5) is 151. The van der Waals surface area contributed by atoms with Gasteiger partial charge in [0.1, 0.15) is 17.6 Å². The van der Waals surface area contributed by atoms with Crippen LogP contribution in [-0.4, -0.2) is 150 Å². The van der Waals surface area contributed by atoms with Crippen molar-refractivity contribution < 1.29 is 114 Å². The maximum Gasteiger partial charge on any atom is 1.00 e. The standard InChI is InChI=1S/C13H11N3O2S.C12H10BrNO3.C12H13NO3.C12H11NO3.C8H5NO2.C5H9N3S.3BrH.K/c14-13-15-7-8(19-13)5-6-16-11(17)9-3-1-2-4-10(9)12(16)18;13-8(7-15)5-6-14-11(16)9-3-1-2-4-10(9)12(14)17;2*14-8-4-3-7-13-11(15)9-5-1-2-6-10(9)12(13)16;10-7-5-3-1-2-4-6(5)8(11)9-7;6-2-1-5-8-3-4(7)9-5;;;;/h1-4,7H,5-6H2,(H2,14,15);1-4,7-8H,5-6H2;1-2,5-6,14H,3-4,7-8H2;1-2,5-6,8H,3-4,7H2;1-4H,(H,9,10,11);3H,1-2,6-7H2;3*1H;/q;;;;;;;;;+1/p-1. The van der Waals surface area contributed by atoms with Gasteiger partial charge in [-0.25, -0.2) is 9.97 Å². The fourth-order valence-electron chi connectivity index (χ4n) is 9.10. The molecular formula is C62H61Br4KN10O13S2. The van der Waals surface area contributed by atoms with E-state index in [4.69, 9.17) is 22.3 Å². The first-order valence-electron chi connectivity index (χ1n) is 27.4. The maximum atomic E-state index is 12.1. The number of unbranched alkanes of at least 4 members (excludes halogenated alkanes) is 2. The summed E-state index contributed by atoms with van der Waals surface area (Å²) < 4.78 is 0. The van der Waals surface area contributed by atoms with Crippen LogP contribution < -0.4 is 68.6 Å². The van der Waals surface area contributed by atoms with Crippen LogP contribution in [0.1, 0.15) is 146 Å². The Kier molecular flexibility index (Phi) is 34.0. The minimum absolute atomic E-state index is 0. The molecule has 0 spiro atoms. The van der Waals surface area contributed by atoms with Gasteiger partial charge in [-0.1, -0.05) is 88.7 Å². The second kappa shape index (κ2) is 39.2. The van der Waals surface area contributed by atoms with Gasteiger partial charge in [0.2, 0.25) is 0 Å². The normalized spacial score (nSPS) is 13.5. The number of carbonyl (C=O) groups excluding carboxylic acids is 12. The summed E-state index contributed by atoms with van der Waals surface area (Å²) in [6, 6.07) is 33.9. The molecule has 7 heterocycles. The van der Waals surface area contributed by atoms with Crippen molar-refractivity contribution in [3.8, 4) is 0 Å². The number of nitrogen functional groups attached to an aromatic ring is 2. The zero-order valence-corrected chi connectivity index (χ0v) is 60.7. The van der Waals surface area contributed by atoms with Crippen LogP contribution in [0.15, 0.2) is 134 Å². The second-order valence-electron chi connectivity index (χ2n) is 19.3. The van der Waals surface area contributed by atoms with Gasteiger partial charge < -0.3 is 46.8 Å². The molecule has 1 atom stereocenters. The summed E-state index contributed by atoms with van der Waals surface area (Å²) in [6.45, 7) is 2.03. The number of aliphatic hydroxyl groups excluding tert-OH is 1. The number of halogens is 4. The number of alkyl halides is 1. The molecule has 478 valence electrons. The Morgan fingerprint density at radius 3 is 1.16 bits per heavy atom. The van der Waals surface area contributed by atoms with Gasteiger partial charge in [-0.15, -0.1) is 73.6 Å². The molecular weight excluding hydrogens is 1520 g/mol. The molecule has 0 aliphatic carbocycles. The summed E-state index contributed by atoms with van der Waals surface area (Å²) >= 11 is 6.02. The molecule has 1 unspecified atom stereocenters. The fourth-order valence-corrected chi connectivity index (χ4v) is 10.7. The Labute approximate surface area is 619 Å². The van der Waals surface area contributed by atoms with E-state index in [0.717, 1.165) is 33.9 Å². The molecule has 7 N–H and O–H groups in total. The van der Waals surface area contributed by atoms with Crippen LogP contribution in [0.25, 0.3) is 5.32 Å². The molecule has 2 aromatic heterocycles. The molecule has 23 nitrogen and oxygen atoms in total. The van der Waals surface area contributed by atoms with Gasteiger partial charge in [0.15, 0.2) is 5.13 Å². The number of hydrogen-bond acceptors (Lipinski definition) is 20. The van der Waals surface area contributed by atoms with E-state index in [1.807, 2.05) is 0 Å². The molecule has 30 heteroatoms. The van der Waals surface area contributed by atoms with Crippen LogP contribution in [0.4, 0.5) is 10.1 Å². The number of carbonyl (C=O) groups is 12. The average Bonchev–Trinajstić information content (AvgIpc) is 1.70. The summed E-state index contributed by atoms with van der Waals surface area (Å²) in [5, 5.41) is 14.2. The number of amides is 10. The molecule has 0 saturated heterocycles. The monoisotopic (exact) mass is 1570 g/mol. The molecule has 7 aromatic rings.